The van der Waals surface area contributed by atoms with Gasteiger partial charge in [-0.15, -0.1) is 0 Å². The largest absolute Gasteiger partial charge is 0.356 e. The van der Waals surface area contributed by atoms with Gasteiger partial charge < -0.3 is 9.80 Å². The van der Waals surface area contributed by atoms with Crippen molar-refractivity contribution in [3.8, 4) is 0 Å². The average Bonchev–Trinajstić information content (AvgIpc) is 2.92. The second kappa shape index (κ2) is 11.8. The van der Waals surface area contributed by atoms with Gasteiger partial charge >= 0.3 is 0 Å². The van der Waals surface area contributed by atoms with E-state index in [9.17, 15) is 0 Å². The Bertz CT molecular complexity index is 285. The lowest BCUT2D eigenvalue weighted by Gasteiger charge is -2.35. The van der Waals surface area contributed by atoms with Crippen molar-refractivity contribution in [2.45, 2.75) is 98.1 Å². The van der Waals surface area contributed by atoms with Gasteiger partial charge in [0.05, 0.1) is 0 Å². The number of hydrogen-bond acceptors (Lipinski definition) is 2. The van der Waals surface area contributed by atoms with Crippen LogP contribution in [0.1, 0.15) is 91.9 Å². The van der Waals surface area contributed by atoms with E-state index >= 15 is 0 Å². The summed E-state index contributed by atoms with van der Waals surface area (Å²) in [6, 6.07) is 0. The van der Waals surface area contributed by atoms with Gasteiger partial charge in [-0.1, -0.05) is 78.6 Å². The van der Waals surface area contributed by atoms with Gasteiger partial charge in [0.2, 0.25) is 0 Å². The third kappa shape index (κ3) is 7.07. The quantitative estimate of drug-likeness (QED) is 0.385. The van der Waals surface area contributed by atoms with Crippen molar-refractivity contribution in [2.24, 2.45) is 5.92 Å². The molecular weight excluding hydrogens is 268 g/mol. The van der Waals surface area contributed by atoms with E-state index in [4.69, 9.17) is 0 Å². The molecule has 1 rings (SSSR count). The van der Waals surface area contributed by atoms with E-state index in [2.05, 4.69) is 49.9 Å². The summed E-state index contributed by atoms with van der Waals surface area (Å²) in [6.45, 7) is 11.6. The third-order valence-electron chi connectivity index (χ3n) is 4.86. The fourth-order valence-electron chi connectivity index (χ4n) is 3.59. The molecule has 0 saturated heterocycles. The van der Waals surface area contributed by atoms with E-state index in [0.717, 1.165) is 6.54 Å². The molecule has 1 aliphatic heterocycles. The lowest BCUT2D eigenvalue weighted by atomic mass is 10.1. The highest BCUT2D eigenvalue weighted by atomic mass is 15.4. The van der Waals surface area contributed by atoms with Crippen LogP contribution >= 0.6 is 0 Å². The Kier molecular flexibility index (Phi) is 10.4. The van der Waals surface area contributed by atoms with Gasteiger partial charge in [-0.2, -0.15) is 0 Å². The van der Waals surface area contributed by atoms with Crippen molar-refractivity contribution >= 4 is 0 Å². The first-order chi connectivity index (χ1) is 10.7. The van der Waals surface area contributed by atoms with Crippen molar-refractivity contribution in [2.75, 3.05) is 13.1 Å². The Morgan fingerprint density at radius 3 is 1.73 bits per heavy atom. The van der Waals surface area contributed by atoms with Gasteiger partial charge in [0.25, 0.3) is 0 Å². The lowest BCUT2D eigenvalue weighted by Crippen LogP contribution is -2.42. The van der Waals surface area contributed by atoms with E-state index in [0.29, 0.717) is 12.1 Å². The summed E-state index contributed by atoms with van der Waals surface area (Å²) in [4.78, 5) is 5.03. The number of unbranched alkanes of at least 4 members (excludes halogenated alkanes) is 9. The van der Waals surface area contributed by atoms with Crippen molar-refractivity contribution < 1.29 is 0 Å². The standard InChI is InChI=1S/C20H40N2/c1-5-7-8-9-10-11-12-13-14-15-16-22-18-17-21(6-2)20(22)19(3)4/h17-20H,5-16H2,1-4H3. The summed E-state index contributed by atoms with van der Waals surface area (Å²) in [5.74, 6) is 0.693. The molecule has 0 saturated carbocycles. The molecule has 0 N–H and O–H groups in total. The molecule has 22 heavy (non-hydrogen) atoms. The Hall–Kier alpha value is -0.660. The predicted octanol–water partition coefficient (Wildman–Crippen LogP) is 6.00. The summed E-state index contributed by atoms with van der Waals surface area (Å²) in [5.41, 5.74) is 0. The van der Waals surface area contributed by atoms with Crippen LogP contribution in [0.2, 0.25) is 0 Å². The third-order valence-corrected chi connectivity index (χ3v) is 4.86. The number of nitrogens with zero attached hydrogens (tertiary/aromatic N) is 2. The highest BCUT2D eigenvalue weighted by Crippen LogP contribution is 2.23. The van der Waals surface area contributed by atoms with Gasteiger partial charge in [0.1, 0.15) is 6.17 Å². The molecule has 0 radical (unpaired) electrons. The van der Waals surface area contributed by atoms with Crippen molar-refractivity contribution in [1.29, 1.82) is 0 Å². The van der Waals surface area contributed by atoms with Crippen LogP contribution < -0.4 is 0 Å². The SMILES string of the molecule is CCCCCCCCCCCCN1C=CN(CC)C1C(C)C. The number of rotatable bonds is 13. The van der Waals surface area contributed by atoms with E-state index in [1.54, 1.807) is 0 Å². The van der Waals surface area contributed by atoms with Crippen LogP contribution in [0.15, 0.2) is 12.4 Å². The normalized spacial score (nSPS) is 18.0. The summed E-state index contributed by atoms with van der Waals surface area (Å²) in [5, 5.41) is 0. The van der Waals surface area contributed by atoms with Crippen LogP contribution in [0.5, 0.6) is 0 Å². The summed E-state index contributed by atoms with van der Waals surface area (Å²) < 4.78 is 0. The lowest BCUT2D eigenvalue weighted by molar-refractivity contribution is 0.110. The highest BCUT2D eigenvalue weighted by molar-refractivity contribution is 4.97. The molecule has 0 bridgehead atoms. The molecule has 0 amide bonds. The molecule has 0 aromatic heterocycles. The maximum atomic E-state index is 2.55. The fourth-order valence-corrected chi connectivity index (χ4v) is 3.59. The van der Waals surface area contributed by atoms with E-state index in [1.807, 2.05) is 0 Å². The maximum absolute atomic E-state index is 2.55. The second-order valence-electron chi connectivity index (χ2n) is 7.21. The Morgan fingerprint density at radius 1 is 0.727 bits per heavy atom. The van der Waals surface area contributed by atoms with Crippen molar-refractivity contribution in [3.05, 3.63) is 12.4 Å². The minimum atomic E-state index is 0.587. The van der Waals surface area contributed by atoms with Crippen LogP contribution in [0.4, 0.5) is 0 Å². The molecule has 1 aliphatic rings. The zero-order valence-corrected chi connectivity index (χ0v) is 15.7. The summed E-state index contributed by atoms with van der Waals surface area (Å²) in [6.07, 6.45) is 19.4. The summed E-state index contributed by atoms with van der Waals surface area (Å²) in [7, 11) is 0. The van der Waals surface area contributed by atoms with Crippen LogP contribution in [0.3, 0.4) is 0 Å². The molecule has 1 atom stereocenters. The monoisotopic (exact) mass is 308 g/mol. The Morgan fingerprint density at radius 2 is 1.23 bits per heavy atom. The minimum Gasteiger partial charge on any atom is -0.356 e. The molecule has 1 unspecified atom stereocenters. The second-order valence-corrected chi connectivity index (χ2v) is 7.21. The zero-order valence-electron chi connectivity index (χ0n) is 15.7. The van der Waals surface area contributed by atoms with Crippen molar-refractivity contribution in [3.63, 3.8) is 0 Å². The molecule has 1 heterocycles. The Balaban J connectivity index is 2.01. The molecule has 2 heteroatoms. The first kappa shape index (κ1) is 19.4. The average molecular weight is 309 g/mol. The molecule has 0 fully saturated rings. The summed E-state index contributed by atoms with van der Waals surface area (Å²) >= 11 is 0. The molecule has 130 valence electrons. The van der Waals surface area contributed by atoms with Crippen LogP contribution in [-0.4, -0.2) is 29.1 Å². The van der Waals surface area contributed by atoms with Crippen molar-refractivity contribution in [1.82, 2.24) is 9.80 Å². The van der Waals surface area contributed by atoms with Crippen LogP contribution in [0, 0.1) is 5.92 Å². The smallest absolute Gasteiger partial charge is 0.103 e. The van der Waals surface area contributed by atoms with E-state index in [-0.39, 0.29) is 0 Å². The Labute approximate surface area is 139 Å². The molecule has 0 aromatic carbocycles. The van der Waals surface area contributed by atoms with Gasteiger partial charge in [-0.05, 0) is 19.3 Å². The molecule has 0 aromatic rings. The molecule has 0 spiro atoms. The van der Waals surface area contributed by atoms with Gasteiger partial charge in [0.15, 0.2) is 0 Å². The fraction of sp³-hybridized carbons (Fsp3) is 0.900. The first-order valence-electron chi connectivity index (χ1n) is 9.90. The van der Waals surface area contributed by atoms with Gasteiger partial charge in [0, 0.05) is 25.5 Å². The highest BCUT2D eigenvalue weighted by Gasteiger charge is 2.27. The number of hydrogen-bond donors (Lipinski definition) is 0. The minimum absolute atomic E-state index is 0.587. The first-order valence-corrected chi connectivity index (χ1v) is 9.90. The predicted molar refractivity (Wildman–Crippen MR) is 98.7 cm³/mol. The van der Waals surface area contributed by atoms with E-state index < -0.39 is 0 Å². The van der Waals surface area contributed by atoms with Crippen LogP contribution in [0.25, 0.3) is 0 Å². The van der Waals surface area contributed by atoms with Gasteiger partial charge in [-0.3, -0.25) is 0 Å². The molecular formula is C20H40N2. The maximum Gasteiger partial charge on any atom is 0.103 e. The molecule has 0 aliphatic carbocycles. The topological polar surface area (TPSA) is 6.48 Å². The molecule has 2 nitrogen and oxygen atoms in total. The van der Waals surface area contributed by atoms with Crippen LogP contribution in [-0.2, 0) is 0 Å². The van der Waals surface area contributed by atoms with E-state index in [1.165, 1.54) is 70.8 Å². The van der Waals surface area contributed by atoms with Gasteiger partial charge in [-0.25, -0.2) is 0 Å². The zero-order chi connectivity index (χ0) is 16.2.